The van der Waals surface area contributed by atoms with E-state index in [2.05, 4.69) is 10.1 Å². The number of ether oxygens (including phenoxy) is 2. The Morgan fingerprint density at radius 2 is 2.35 bits per heavy atom. The number of nitrogens with zero attached hydrogens (tertiary/aromatic N) is 3. The van der Waals surface area contributed by atoms with Gasteiger partial charge in [0.25, 0.3) is 0 Å². The van der Waals surface area contributed by atoms with Gasteiger partial charge in [0.2, 0.25) is 11.8 Å². The Hall–Kier alpha value is -1.47. The molecule has 0 radical (unpaired) electrons. The second kappa shape index (κ2) is 7.35. The fourth-order valence-electron chi connectivity index (χ4n) is 2.35. The monoisotopic (exact) mass is 283 g/mol. The summed E-state index contributed by atoms with van der Waals surface area (Å²) in [6, 6.07) is -0.144. The molecule has 0 spiro atoms. The van der Waals surface area contributed by atoms with Crippen LogP contribution in [0.2, 0.25) is 0 Å². The fourth-order valence-corrected chi connectivity index (χ4v) is 2.35. The Balaban J connectivity index is 2.07. The number of carbonyl (C=O) groups is 1. The first-order valence-corrected chi connectivity index (χ1v) is 6.95. The van der Waals surface area contributed by atoms with Crippen LogP contribution in [0.25, 0.3) is 0 Å². The highest BCUT2D eigenvalue weighted by molar-refractivity contribution is 5.78. The minimum Gasteiger partial charge on any atom is -0.377 e. The molecule has 1 amide bonds. The number of likely N-dealkylation sites (tertiary alicyclic amines) is 1. The average molecular weight is 283 g/mol. The number of piperidine rings is 1. The third-order valence-corrected chi connectivity index (χ3v) is 3.30. The predicted molar refractivity (Wildman–Crippen MR) is 69.8 cm³/mol. The van der Waals surface area contributed by atoms with Crippen molar-refractivity contribution < 1.29 is 18.8 Å². The number of methoxy groups -OCH3 is 1. The molecular formula is C13H21N3O4. The summed E-state index contributed by atoms with van der Waals surface area (Å²) >= 11 is 0. The van der Waals surface area contributed by atoms with Crippen LogP contribution < -0.4 is 0 Å². The van der Waals surface area contributed by atoms with E-state index in [0.29, 0.717) is 31.5 Å². The molecule has 0 aromatic carbocycles. The molecule has 1 aromatic rings. The number of hydrogen-bond acceptors (Lipinski definition) is 6. The molecule has 0 bridgehead atoms. The quantitative estimate of drug-likeness (QED) is 0.783. The molecule has 7 heteroatoms. The fraction of sp³-hybridized carbons (Fsp3) is 0.769. The Morgan fingerprint density at radius 1 is 1.50 bits per heavy atom. The molecule has 0 aliphatic carbocycles. The van der Waals surface area contributed by atoms with Crippen LogP contribution in [0.1, 0.15) is 43.9 Å². The van der Waals surface area contributed by atoms with Crippen LogP contribution in [-0.4, -0.2) is 47.8 Å². The standard InChI is InChI=1S/C13H21N3O4/c1-3-19-9-12(17)16-7-5-4-6-10(16)13-14-11(8-18-2)15-20-13/h10H,3-9H2,1-2H3/t10-/m1/s1. The van der Waals surface area contributed by atoms with Crippen molar-refractivity contribution in [3.8, 4) is 0 Å². The van der Waals surface area contributed by atoms with Crippen LogP contribution in [0.3, 0.4) is 0 Å². The maximum absolute atomic E-state index is 12.2. The van der Waals surface area contributed by atoms with Gasteiger partial charge in [-0.3, -0.25) is 4.79 Å². The van der Waals surface area contributed by atoms with Crippen LogP contribution in [0.4, 0.5) is 0 Å². The van der Waals surface area contributed by atoms with Gasteiger partial charge >= 0.3 is 0 Å². The Bertz CT molecular complexity index is 435. The summed E-state index contributed by atoms with van der Waals surface area (Å²) in [5.74, 6) is 0.968. The van der Waals surface area contributed by atoms with Gasteiger partial charge in [0.05, 0.1) is 0 Å². The number of hydrogen-bond donors (Lipinski definition) is 0. The molecule has 20 heavy (non-hydrogen) atoms. The lowest BCUT2D eigenvalue weighted by Gasteiger charge is -2.33. The number of carbonyl (C=O) groups excluding carboxylic acids is 1. The zero-order valence-electron chi connectivity index (χ0n) is 12.0. The second-order valence-electron chi connectivity index (χ2n) is 4.72. The minimum absolute atomic E-state index is 0.0250. The van der Waals surface area contributed by atoms with Crippen LogP contribution in [0.15, 0.2) is 4.52 Å². The first-order valence-electron chi connectivity index (χ1n) is 6.95. The summed E-state index contributed by atoms with van der Waals surface area (Å²) in [5.41, 5.74) is 0. The zero-order valence-corrected chi connectivity index (χ0v) is 12.0. The molecular weight excluding hydrogens is 262 g/mol. The molecule has 0 N–H and O–H groups in total. The summed E-state index contributed by atoms with van der Waals surface area (Å²) in [7, 11) is 1.58. The van der Waals surface area contributed by atoms with Crippen molar-refractivity contribution in [3.05, 3.63) is 11.7 Å². The molecule has 112 valence electrons. The Kier molecular flexibility index (Phi) is 5.49. The van der Waals surface area contributed by atoms with E-state index < -0.39 is 0 Å². The predicted octanol–water partition coefficient (Wildman–Crippen LogP) is 1.31. The van der Waals surface area contributed by atoms with Gasteiger partial charge in [-0.15, -0.1) is 0 Å². The van der Waals surface area contributed by atoms with Crippen molar-refractivity contribution in [2.75, 3.05) is 26.9 Å². The van der Waals surface area contributed by atoms with Crippen molar-refractivity contribution in [1.29, 1.82) is 0 Å². The summed E-state index contributed by atoms with van der Waals surface area (Å²) in [6.45, 7) is 3.52. The number of rotatable bonds is 6. The molecule has 1 fully saturated rings. The molecule has 1 aromatic heterocycles. The largest absolute Gasteiger partial charge is 0.377 e. The third-order valence-electron chi connectivity index (χ3n) is 3.30. The van der Waals surface area contributed by atoms with Gasteiger partial charge in [-0.05, 0) is 26.2 Å². The second-order valence-corrected chi connectivity index (χ2v) is 4.72. The average Bonchev–Trinajstić information content (AvgIpc) is 2.93. The topological polar surface area (TPSA) is 77.7 Å². The van der Waals surface area contributed by atoms with Gasteiger partial charge in [0.1, 0.15) is 19.3 Å². The Morgan fingerprint density at radius 3 is 3.10 bits per heavy atom. The highest BCUT2D eigenvalue weighted by atomic mass is 16.5. The number of amides is 1. The van der Waals surface area contributed by atoms with E-state index in [1.54, 1.807) is 12.0 Å². The van der Waals surface area contributed by atoms with Gasteiger partial charge in [-0.2, -0.15) is 4.98 Å². The van der Waals surface area contributed by atoms with E-state index in [-0.39, 0.29) is 18.6 Å². The first-order chi connectivity index (χ1) is 9.76. The van der Waals surface area contributed by atoms with Crippen molar-refractivity contribution in [2.24, 2.45) is 0 Å². The molecule has 7 nitrogen and oxygen atoms in total. The van der Waals surface area contributed by atoms with Crippen molar-refractivity contribution in [3.63, 3.8) is 0 Å². The van der Waals surface area contributed by atoms with E-state index in [1.807, 2.05) is 6.92 Å². The summed E-state index contributed by atoms with van der Waals surface area (Å²) in [6.07, 6.45) is 2.88. The van der Waals surface area contributed by atoms with Crippen LogP contribution in [0, 0.1) is 0 Å². The summed E-state index contributed by atoms with van der Waals surface area (Å²) < 4.78 is 15.4. The SMILES string of the molecule is CCOCC(=O)N1CCCC[C@@H]1c1nc(COC)no1. The van der Waals surface area contributed by atoms with Crippen molar-refractivity contribution in [1.82, 2.24) is 15.0 Å². The number of aromatic nitrogens is 2. The van der Waals surface area contributed by atoms with Crippen molar-refractivity contribution >= 4 is 5.91 Å². The molecule has 2 rings (SSSR count). The van der Waals surface area contributed by atoms with Gasteiger partial charge in [-0.1, -0.05) is 5.16 Å². The zero-order chi connectivity index (χ0) is 14.4. The molecule has 2 heterocycles. The van der Waals surface area contributed by atoms with Gasteiger partial charge in [0.15, 0.2) is 5.82 Å². The summed E-state index contributed by atoms with van der Waals surface area (Å²) in [5, 5.41) is 3.86. The Labute approximate surface area is 118 Å². The normalized spacial score (nSPS) is 19.3. The molecule has 1 aliphatic rings. The van der Waals surface area contributed by atoms with Crippen LogP contribution in [0.5, 0.6) is 0 Å². The van der Waals surface area contributed by atoms with E-state index in [0.717, 1.165) is 19.3 Å². The highest BCUT2D eigenvalue weighted by Crippen LogP contribution is 2.29. The maximum Gasteiger partial charge on any atom is 0.249 e. The highest BCUT2D eigenvalue weighted by Gasteiger charge is 2.31. The van der Waals surface area contributed by atoms with E-state index in [4.69, 9.17) is 14.0 Å². The summed E-state index contributed by atoms with van der Waals surface area (Å²) in [4.78, 5) is 18.2. The van der Waals surface area contributed by atoms with Gasteiger partial charge in [-0.25, -0.2) is 0 Å². The smallest absolute Gasteiger partial charge is 0.249 e. The van der Waals surface area contributed by atoms with E-state index in [1.165, 1.54) is 0 Å². The van der Waals surface area contributed by atoms with Crippen molar-refractivity contribution in [2.45, 2.75) is 38.8 Å². The maximum atomic E-state index is 12.2. The van der Waals surface area contributed by atoms with Gasteiger partial charge < -0.3 is 18.9 Å². The van der Waals surface area contributed by atoms with Crippen LogP contribution in [-0.2, 0) is 20.9 Å². The first kappa shape index (κ1) is 14.9. The molecule has 1 atom stereocenters. The minimum atomic E-state index is -0.144. The van der Waals surface area contributed by atoms with E-state index >= 15 is 0 Å². The van der Waals surface area contributed by atoms with Crippen LogP contribution >= 0.6 is 0 Å². The molecule has 0 unspecified atom stereocenters. The lowest BCUT2D eigenvalue weighted by atomic mass is 10.0. The third kappa shape index (κ3) is 3.55. The van der Waals surface area contributed by atoms with E-state index in [9.17, 15) is 4.79 Å². The molecule has 1 aliphatic heterocycles. The molecule has 1 saturated heterocycles. The van der Waals surface area contributed by atoms with Gasteiger partial charge in [0, 0.05) is 20.3 Å². The molecule has 0 saturated carbocycles. The lowest BCUT2D eigenvalue weighted by Crippen LogP contribution is -2.40. The lowest BCUT2D eigenvalue weighted by molar-refractivity contribution is -0.140.